The van der Waals surface area contributed by atoms with Crippen LogP contribution >= 0.6 is 0 Å². The Morgan fingerprint density at radius 2 is 1.90 bits per heavy atom. The number of halogens is 2. The fraction of sp³-hybridized carbons (Fsp3) is 0. The number of pyridine rings is 1. The highest BCUT2D eigenvalue weighted by atomic mass is 19.2. The van der Waals surface area contributed by atoms with Crippen molar-refractivity contribution in [2.75, 3.05) is 5.32 Å². The zero-order valence-corrected chi connectivity index (χ0v) is 9.93. The van der Waals surface area contributed by atoms with E-state index in [4.69, 9.17) is 5.11 Å². The van der Waals surface area contributed by atoms with Crippen LogP contribution in [-0.4, -0.2) is 22.0 Å². The minimum absolute atomic E-state index is 0.00380. The number of nitrogens with zero attached hydrogens (tertiary/aromatic N) is 1. The number of carboxylic acids is 1. The SMILES string of the molecule is O=C(O)c1cccnc1C(=O)Nc1ccc(F)c(F)c1. The predicted molar refractivity (Wildman–Crippen MR) is 65.5 cm³/mol. The van der Waals surface area contributed by atoms with Crippen LogP contribution in [0.4, 0.5) is 14.5 Å². The van der Waals surface area contributed by atoms with E-state index in [0.717, 1.165) is 18.2 Å². The Bertz CT molecular complexity index is 689. The van der Waals surface area contributed by atoms with Gasteiger partial charge in [-0.1, -0.05) is 0 Å². The minimum Gasteiger partial charge on any atom is -0.478 e. The number of amides is 1. The fourth-order valence-electron chi connectivity index (χ4n) is 1.52. The molecule has 1 amide bonds. The third-order valence-electron chi connectivity index (χ3n) is 2.43. The first-order valence-corrected chi connectivity index (χ1v) is 5.44. The molecule has 2 N–H and O–H groups in total. The lowest BCUT2D eigenvalue weighted by Crippen LogP contribution is -2.18. The van der Waals surface area contributed by atoms with Crippen LogP contribution < -0.4 is 5.32 Å². The zero-order chi connectivity index (χ0) is 14.7. The number of anilines is 1. The minimum atomic E-state index is -1.31. The Morgan fingerprint density at radius 1 is 1.15 bits per heavy atom. The maximum atomic E-state index is 13.0. The van der Waals surface area contributed by atoms with Crippen molar-refractivity contribution in [2.45, 2.75) is 0 Å². The molecule has 102 valence electrons. The Hall–Kier alpha value is -2.83. The monoisotopic (exact) mass is 278 g/mol. The number of carboxylic acid groups (broad SMARTS) is 1. The summed E-state index contributed by atoms with van der Waals surface area (Å²) in [4.78, 5) is 26.5. The molecule has 1 aromatic heterocycles. The van der Waals surface area contributed by atoms with Crippen molar-refractivity contribution in [2.24, 2.45) is 0 Å². The van der Waals surface area contributed by atoms with Gasteiger partial charge in [-0.05, 0) is 24.3 Å². The number of carbonyl (C=O) groups is 2. The van der Waals surface area contributed by atoms with Crippen molar-refractivity contribution in [1.29, 1.82) is 0 Å². The van der Waals surface area contributed by atoms with Crippen LogP contribution in [0.1, 0.15) is 20.8 Å². The van der Waals surface area contributed by atoms with E-state index in [0.29, 0.717) is 0 Å². The van der Waals surface area contributed by atoms with Gasteiger partial charge in [-0.15, -0.1) is 0 Å². The van der Waals surface area contributed by atoms with Gasteiger partial charge in [0.1, 0.15) is 5.69 Å². The predicted octanol–water partition coefficient (Wildman–Crippen LogP) is 2.31. The quantitative estimate of drug-likeness (QED) is 0.903. The van der Waals surface area contributed by atoms with Gasteiger partial charge in [-0.3, -0.25) is 9.78 Å². The summed E-state index contributed by atoms with van der Waals surface area (Å²) < 4.78 is 25.8. The molecule has 0 aliphatic rings. The second-order valence-corrected chi connectivity index (χ2v) is 3.79. The summed E-state index contributed by atoms with van der Waals surface area (Å²) in [5.41, 5.74) is -0.604. The summed E-state index contributed by atoms with van der Waals surface area (Å²) in [6.07, 6.45) is 1.26. The van der Waals surface area contributed by atoms with E-state index < -0.39 is 23.5 Å². The average Bonchev–Trinajstić information content (AvgIpc) is 2.43. The summed E-state index contributed by atoms with van der Waals surface area (Å²) in [5, 5.41) is 11.2. The summed E-state index contributed by atoms with van der Waals surface area (Å²) in [6.45, 7) is 0. The van der Waals surface area contributed by atoms with E-state index in [1.807, 2.05) is 0 Å². The lowest BCUT2D eigenvalue weighted by molar-refractivity contribution is 0.0691. The Balaban J connectivity index is 2.28. The molecule has 0 fully saturated rings. The molecule has 1 heterocycles. The van der Waals surface area contributed by atoms with Crippen molar-refractivity contribution in [3.05, 3.63) is 59.4 Å². The van der Waals surface area contributed by atoms with Gasteiger partial charge in [0.15, 0.2) is 11.6 Å². The maximum absolute atomic E-state index is 13.0. The largest absolute Gasteiger partial charge is 0.478 e. The molecule has 0 atom stereocenters. The normalized spacial score (nSPS) is 10.1. The Morgan fingerprint density at radius 3 is 2.55 bits per heavy atom. The number of carbonyl (C=O) groups excluding carboxylic acids is 1. The molecule has 0 spiro atoms. The molecular weight excluding hydrogens is 270 g/mol. The third kappa shape index (κ3) is 2.77. The number of aromatic nitrogens is 1. The molecule has 20 heavy (non-hydrogen) atoms. The number of hydrogen-bond acceptors (Lipinski definition) is 3. The average molecular weight is 278 g/mol. The molecule has 0 saturated carbocycles. The van der Waals surface area contributed by atoms with Crippen LogP contribution in [0, 0.1) is 11.6 Å². The van der Waals surface area contributed by atoms with Crippen LogP contribution in [-0.2, 0) is 0 Å². The molecule has 2 rings (SSSR count). The van der Waals surface area contributed by atoms with Gasteiger partial charge in [0.25, 0.3) is 5.91 Å². The number of aromatic carboxylic acids is 1. The molecule has 1 aromatic carbocycles. The van der Waals surface area contributed by atoms with Crippen LogP contribution in [0.5, 0.6) is 0 Å². The molecule has 0 unspecified atom stereocenters. The highest BCUT2D eigenvalue weighted by molar-refractivity contribution is 6.09. The summed E-state index contributed by atoms with van der Waals surface area (Å²) >= 11 is 0. The highest BCUT2D eigenvalue weighted by Gasteiger charge is 2.18. The van der Waals surface area contributed by atoms with E-state index in [1.54, 1.807) is 0 Å². The lowest BCUT2D eigenvalue weighted by atomic mass is 10.2. The van der Waals surface area contributed by atoms with Crippen LogP contribution in [0.3, 0.4) is 0 Å². The zero-order valence-electron chi connectivity index (χ0n) is 9.93. The second-order valence-electron chi connectivity index (χ2n) is 3.79. The van der Waals surface area contributed by atoms with Crippen molar-refractivity contribution < 1.29 is 23.5 Å². The van der Waals surface area contributed by atoms with Gasteiger partial charge >= 0.3 is 5.97 Å². The molecule has 7 heteroatoms. The van der Waals surface area contributed by atoms with Gasteiger partial charge in [-0.25, -0.2) is 13.6 Å². The molecule has 0 radical (unpaired) electrons. The van der Waals surface area contributed by atoms with Gasteiger partial charge < -0.3 is 10.4 Å². The molecule has 5 nitrogen and oxygen atoms in total. The molecule has 0 aliphatic heterocycles. The van der Waals surface area contributed by atoms with Crippen LogP contribution in [0.15, 0.2) is 36.5 Å². The van der Waals surface area contributed by atoms with Gasteiger partial charge in [0.2, 0.25) is 0 Å². The first kappa shape index (κ1) is 13.6. The number of benzene rings is 1. The number of hydrogen-bond donors (Lipinski definition) is 2. The molecule has 0 aliphatic carbocycles. The van der Waals surface area contributed by atoms with E-state index in [-0.39, 0.29) is 16.9 Å². The summed E-state index contributed by atoms with van der Waals surface area (Å²) in [6, 6.07) is 5.38. The van der Waals surface area contributed by atoms with Crippen molar-refractivity contribution in [3.63, 3.8) is 0 Å². The third-order valence-corrected chi connectivity index (χ3v) is 2.43. The van der Waals surface area contributed by atoms with E-state index in [1.165, 1.54) is 18.3 Å². The first-order chi connectivity index (χ1) is 9.49. The molecule has 2 aromatic rings. The van der Waals surface area contributed by atoms with Crippen LogP contribution in [0.25, 0.3) is 0 Å². The highest BCUT2D eigenvalue weighted by Crippen LogP contribution is 2.15. The van der Waals surface area contributed by atoms with E-state index in [2.05, 4.69) is 10.3 Å². The maximum Gasteiger partial charge on any atom is 0.338 e. The van der Waals surface area contributed by atoms with Crippen LogP contribution in [0.2, 0.25) is 0 Å². The van der Waals surface area contributed by atoms with Crippen molar-refractivity contribution in [3.8, 4) is 0 Å². The first-order valence-electron chi connectivity index (χ1n) is 5.44. The Labute approximate surface area is 111 Å². The topological polar surface area (TPSA) is 79.3 Å². The number of rotatable bonds is 3. The summed E-state index contributed by atoms with van der Waals surface area (Å²) in [7, 11) is 0. The smallest absolute Gasteiger partial charge is 0.338 e. The van der Waals surface area contributed by atoms with Gasteiger partial charge in [0, 0.05) is 18.0 Å². The lowest BCUT2D eigenvalue weighted by Gasteiger charge is -2.07. The standard InChI is InChI=1S/C13H8F2N2O3/c14-9-4-3-7(6-10(9)15)17-12(18)11-8(13(19)20)2-1-5-16-11/h1-6H,(H,17,18)(H,19,20). The molecular formula is C13H8F2N2O3. The van der Waals surface area contributed by atoms with Crippen molar-refractivity contribution in [1.82, 2.24) is 4.98 Å². The Kier molecular flexibility index (Phi) is 3.69. The van der Waals surface area contributed by atoms with Gasteiger partial charge in [-0.2, -0.15) is 0 Å². The van der Waals surface area contributed by atoms with Crippen molar-refractivity contribution >= 4 is 17.6 Å². The van der Waals surface area contributed by atoms with E-state index in [9.17, 15) is 18.4 Å². The fourth-order valence-corrected chi connectivity index (χ4v) is 1.52. The molecule has 0 bridgehead atoms. The second kappa shape index (κ2) is 5.43. The van der Waals surface area contributed by atoms with Gasteiger partial charge in [0.05, 0.1) is 5.56 Å². The molecule has 0 saturated heterocycles. The van der Waals surface area contributed by atoms with E-state index >= 15 is 0 Å². The number of nitrogens with one attached hydrogen (secondary N) is 1. The summed E-state index contributed by atoms with van der Waals surface area (Å²) in [5.74, 6) is -4.31.